The predicted molar refractivity (Wildman–Crippen MR) is 67.2 cm³/mol. The first-order chi connectivity index (χ1) is 8.50. The van der Waals surface area contributed by atoms with Crippen molar-refractivity contribution in [2.45, 2.75) is 31.3 Å². The molecule has 0 aromatic heterocycles. The maximum absolute atomic E-state index is 13.4. The van der Waals surface area contributed by atoms with Gasteiger partial charge in [0.25, 0.3) is 5.91 Å². The van der Waals surface area contributed by atoms with E-state index in [1.165, 1.54) is 12.1 Å². The average molecular weight is 272 g/mol. The van der Waals surface area contributed by atoms with E-state index in [1.54, 1.807) is 0 Å². The van der Waals surface area contributed by atoms with Gasteiger partial charge in [0.1, 0.15) is 5.82 Å². The van der Waals surface area contributed by atoms with Gasteiger partial charge in [-0.05, 0) is 31.0 Å². The number of amides is 1. The molecule has 1 aromatic carbocycles. The predicted octanol–water partition coefficient (Wildman–Crippen LogP) is 2.51. The molecule has 1 aromatic rings. The standard InChI is InChI=1S/C13H15ClFNO2/c14-9-3-4-11(15)10(7-9)12(17)16-8-13(18)5-1-2-6-13/h3-4,7,18H,1-2,5-6,8H2,(H,16,17). The van der Waals surface area contributed by atoms with Gasteiger partial charge in [-0.2, -0.15) is 0 Å². The highest BCUT2D eigenvalue weighted by molar-refractivity contribution is 6.30. The molecule has 2 N–H and O–H groups in total. The van der Waals surface area contributed by atoms with E-state index in [1.807, 2.05) is 0 Å². The Hall–Kier alpha value is -1.13. The Labute approximate surface area is 110 Å². The summed E-state index contributed by atoms with van der Waals surface area (Å²) in [4.78, 5) is 11.8. The quantitative estimate of drug-likeness (QED) is 0.887. The molecule has 1 aliphatic carbocycles. The zero-order valence-corrected chi connectivity index (χ0v) is 10.6. The summed E-state index contributed by atoms with van der Waals surface area (Å²) < 4.78 is 13.4. The molecule has 1 fully saturated rings. The fourth-order valence-electron chi connectivity index (χ4n) is 2.22. The molecule has 18 heavy (non-hydrogen) atoms. The molecule has 0 radical (unpaired) electrons. The van der Waals surface area contributed by atoms with Gasteiger partial charge in [0.15, 0.2) is 0 Å². The third-order valence-corrected chi connectivity index (χ3v) is 3.52. The monoisotopic (exact) mass is 271 g/mol. The second-order valence-corrected chi connectivity index (χ2v) is 5.17. The molecule has 0 unspecified atom stereocenters. The number of rotatable bonds is 3. The Morgan fingerprint density at radius 3 is 2.78 bits per heavy atom. The summed E-state index contributed by atoms with van der Waals surface area (Å²) in [6, 6.07) is 3.82. The van der Waals surface area contributed by atoms with Crippen LogP contribution in [0.15, 0.2) is 18.2 Å². The van der Waals surface area contributed by atoms with Crippen molar-refractivity contribution in [3.05, 3.63) is 34.6 Å². The molecule has 98 valence electrons. The third-order valence-electron chi connectivity index (χ3n) is 3.29. The van der Waals surface area contributed by atoms with Crippen molar-refractivity contribution in [2.75, 3.05) is 6.54 Å². The van der Waals surface area contributed by atoms with Gasteiger partial charge >= 0.3 is 0 Å². The van der Waals surface area contributed by atoms with Gasteiger partial charge in [0.05, 0.1) is 11.2 Å². The van der Waals surface area contributed by atoms with E-state index >= 15 is 0 Å². The minimum absolute atomic E-state index is 0.0934. The van der Waals surface area contributed by atoms with Crippen molar-refractivity contribution in [2.24, 2.45) is 0 Å². The van der Waals surface area contributed by atoms with Crippen molar-refractivity contribution >= 4 is 17.5 Å². The van der Waals surface area contributed by atoms with Crippen LogP contribution in [0.4, 0.5) is 4.39 Å². The molecular formula is C13H15ClFNO2. The molecule has 1 amide bonds. The van der Waals surface area contributed by atoms with E-state index in [9.17, 15) is 14.3 Å². The zero-order valence-electron chi connectivity index (χ0n) is 9.88. The molecule has 0 heterocycles. The number of halogens is 2. The lowest BCUT2D eigenvalue weighted by Gasteiger charge is -2.22. The third kappa shape index (κ3) is 3.00. The lowest BCUT2D eigenvalue weighted by Crippen LogP contribution is -2.41. The molecule has 0 bridgehead atoms. The maximum Gasteiger partial charge on any atom is 0.254 e. The average Bonchev–Trinajstić information content (AvgIpc) is 2.77. The van der Waals surface area contributed by atoms with Crippen molar-refractivity contribution in [3.8, 4) is 0 Å². The van der Waals surface area contributed by atoms with Gasteiger partial charge in [0, 0.05) is 11.6 Å². The number of hydrogen-bond acceptors (Lipinski definition) is 2. The smallest absolute Gasteiger partial charge is 0.254 e. The largest absolute Gasteiger partial charge is 0.388 e. The first-order valence-electron chi connectivity index (χ1n) is 5.96. The second-order valence-electron chi connectivity index (χ2n) is 4.74. The molecule has 1 saturated carbocycles. The molecule has 5 heteroatoms. The van der Waals surface area contributed by atoms with Crippen LogP contribution in [0.2, 0.25) is 5.02 Å². The van der Waals surface area contributed by atoms with Crippen LogP contribution < -0.4 is 5.32 Å². The summed E-state index contributed by atoms with van der Waals surface area (Å²) in [5.74, 6) is -1.16. The highest BCUT2D eigenvalue weighted by Crippen LogP contribution is 2.28. The van der Waals surface area contributed by atoms with Gasteiger partial charge < -0.3 is 10.4 Å². The van der Waals surface area contributed by atoms with E-state index in [2.05, 4.69) is 5.32 Å². The number of benzene rings is 1. The van der Waals surface area contributed by atoms with E-state index in [0.29, 0.717) is 17.9 Å². The van der Waals surface area contributed by atoms with E-state index in [-0.39, 0.29) is 12.1 Å². The topological polar surface area (TPSA) is 49.3 Å². The van der Waals surface area contributed by atoms with Gasteiger partial charge in [-0.3, -0.25) is 4.79 Å². The molecule has 0 aliphatic heterocycles. The first kappa shape index (κ1) is 13.3. The van der Waals surface area contributed by atoms with Gasteiger partial charge in [0.2, 0.25) is 0 Å². The Morgan fingerprint density at radius 1 is 1.44 bits per heavy atom. The summed E-state index contributed by atoms with van der Waals surface area (Å²) in [6.07, 6.45) is 3.26. The fraction of sp³-hybridized carbons (Fsp3) is 0.462. The Kier molecular flexibility index (Phi) is 3.88. The zero-order chi connectivity index (χ0) is 13.2. The van der Waals surface area contributed by atoms with Gasteiger partial charge in [-0.25, -0.2) is 4.39 Å². The molecule has 3 nitrogen and oxygen atoms in total. The van der Waals surface area contributed by atoms with Gasteiger partial charge in [-0.15, -0.1) is 0 Å². The molecular weight excluding hydrogens is 257 g/mol. The highest BCUT2D eigenvalue weighted by atomic mass is 35.5. The molecule has 1 aliphatic rings. The lowest BCUT2D eigenvalue weighted by molar-refractivity contribution is 0.0448. The van der Waals surface area contributed by atoms with Crippen LogP contribution in [-0.2, 0) is 0 Å². The Morgan fingerprint density at radius 2 is 2.11 bits per heavy atom. The summed E-state index contributed by atoms with van der Waals surface area (Å²) in [7, 11) is 0. The second kappa shape index (κ2) is 5.24. The van der Waals surface area contributed by atoms with E-state index in [0.717, 1.165) is 18.9 Å². The van der Waals surface area contributed by atoms with Crippen LogP contribution in [0.25, 0.3) is 0 Å². The number of aliphatic hydroxyl groups is 1. The summed E-state index contributed by atoms with van der Waals surface area (Å²) in [6.45, 7) is 0.151. The number of carbonyl (C=O) groups excluding carboxylic acids is 1. The van der Waals surface area contributed by atoms with Crippen molar-refractivity contribution < 1.29 is 14.3 Å². The van der Waals surface area contributed by atoms with Gasteiger partial charge in [-0.1, -0.05) is 24.4 Å². The van der Waals surface area contributed by atoms with Crippen molar-refractivity contribution in [1.29, 1.82) is 0 Å². The number of carbonyl (C=O) groups is 1. The molecule has 0 spiro atoms. The minimum atomic E-state index is -0.843. The SMILES string of the molecule is O=C(NCC1(O)CCCC1)c1cc(Cl)ccc1F. The van der Waals surface area contributed by atoms with E-state index in [4.69, 9.17) is 11.6 Å². The Bertz CT molecular complexity index is 458. The normalized spacial score (nSPS) is 17.7. The van der Waals surface area contributed by atoms with Crippen LogP contribution in [0, 0.1) is 5.82 Å². The highest BCUT2D eigenvalue weighted by Gasteiger charge is 2.31. The Balaban J connectivity index is 2.01. The minimum Gasteiger partial charge on any atom is -0.388 e. The lowest BCUT2D eigenvalue weighted by atomic mass is 10.0. The number of nitrogens with one attached hydrogen (secondary N) is 1. The maximum atomic E-state index is 13.4. The summed E-state index contributed by atoms with van der Waals surface area (Å²) in [5, 5.41) is 12.9. The molecule has 0 atom stereocenters. The summed E-state index contributed by atoms with van der Waals surface area (Å²) >= 11 is 5.72. The van der Waals surface area contributed by atoms with Crippen molar-refractivity contribution in [3.63, 3.8) is 0 Å². The number of hydrogen-bond donors (Lipinski definition) is 2. The van der Waals surface area contributed by atoms with Crippen LogP contribution >= 0.6 is 11.6 Å². The van der Waals surface area contributed by atoms with Crippen LogP contribution in [0.1, 0.15) is 36.0 Å². The first-order valence-corrected chi connectivity index (χ1v) is 6.34. The van der Waals surface area contributed by atoms with E-state index < -0.39 is 17.3 Å². The van der Waals surface area contributed by atoms with Crippen LogP contribution in [0.3, 0.4) is 0 Å². The van der Waals surface area contributed by atoms with Crippen LogP contribution in [0.5, 0.6) is 0 Å². The summed E-state index contributed by atoms with van der Waals surface area (Å²) in [5.41, 5.74) is -0.936. The van der Waals surface area contributed by atoms with Crippen LogP contribution in [-0.4, -0.2) is 23.2 Å². The molecule has 2 rings (SSSR count). The molecule has 0 saturated heterocycles. The van der Waals surface area contributed by atoms with Crippen molar-refractivity contribution in [1.82, 2.24) is 5.32 Å². The fourth-order valence-corrected chi connectivity index (χ4v) is 2.39.